The Balaban J connectivity index is 2.77. The Kier molecular flexibility index (Phi) is 4.52. The number of carbonyl (C=O) groups is 2. The molecule has 0 saturated heterocycles. The summed E-state index contributed by atoms with van der Waals surface area (Å²) in [7, 11) is 1.28. The molecule has 4 nitrogen and oxygen atoms in total. The van der Waals surface area contributed by atoms with Gasteiger partial charge in [-0.2, -0.15) is 13.2 Å². The maximum atomic E-state index is 12.5. The van der Waals surface area contributed by atoms with E-state index in [0.717, 1.165) is 17.0 Å². The molecule has 7 heteroatoms. The topological polar surface area (TPSA) is 57.6 Å². The van der Waals surface area contributed by atoms with Gasteiger partial charge in [0.25, 0.3) is 0 Å². The molecule has 0 aliphatic rings. The SMILES string of the molecule is CN(CC(=O)O)C(=O)Cc1cccc(C(F)(F)F)c1. The van der Waals surface area contributed by atoms with Crippen LogP contribution in [0.15, 0.2) is 24.3 Å². The zero-order chi connectivity index (χ0) is 14.6. The average molecular weight is 275 g/mol. The molecule has 1 N–H and O–H groups in total. The number of hydrogen-bond acceptors (Lipinski definition) is 2. The van der Waals surface area contributed by atoms with Crippen molar-refractivity contribution in [2.45, 2.75) is 12.6 Å². The molecule has 0 aromatic heterocycles. The molecule has 1 rings (SSSR count). The Hall–Kier alpha value is -2.05. The molecule has 0 aliphatic heterocycles. The highest BCUT2D eigenvalue weighted by Crippen LogP contribution is 2.29. The van der Waals surface area contributed by atoms with Crippen LogP contribution in [0.5, 0.6) is 0 Å². The fraction of sp³-hybridized carbons (Fsp3) is 0.333. The van der Waals surface area contributed by atoms with E-state index in [0.29, 0.717) is 0 Å². The normalized spacial score (nSPS) is 11.2. The van der Waals surface area contributed by atoms with E-state index in [1.54, 1.807) is 0 Å². The Morgan fingerprint density at radius 2 is 1.95 bits per heavy atom. The molecule has 1 amide bonds. The fourth-order valence-electron chi connectivity index (χ4n) is 1.46. The standard InChI is InChI=1S/C12H12F3NO3/c1-16(7-11(18)19)10(17)6-8-3-2-4-9(5-8)12(13,14)15/h2-5H,6-7H2,1H3,(H,18,19). The third-order valence-corrected chi connectivity index (χ3v) is 2.41. The summed E-state index contributed by atoms with van der Waals surface area (Å²) in [5.41, 5.74) is -0.643. The Morgan fingerprint density at radius 1 is 1.32 bits per heavy atom. The number of hydrogen-bond donors (Lipinski definition) is 1. The third kappa shape index (κ3) is 4.61. The van der Waals surface area contributed by atoms with Gasteiger partial charge in [0.2, 0.25) is 5.91 Å². The molecule has 1 aromatic carbocycles. The van der Waals surface area contributed by atoms with Crippen molar-refractivity contribution >= 4 is 11.9 Å². The minimum Gasteiger partial charge on any atom is -0.480 e. The minimum atomic E-state index is -4.47. The minimum absolute atomic E-state index is 0.192. The van der Waals surface area contributed by atoms with Gasteiger partial charge in [-0.05, 0) is 11.6 Å². The molecule has 0 bridgehead atoms. The lowest BCUT2D eigenvalue weighted by Crippen LogP contribution is -2.33. The fourth-order valence-corrected chi connectivity index (χ4v) is 1.46. The van der Waals surface area contributed by atoms with E-state index in [4.69, 9.17) is 5.11 Å². The first-order chi connectivity index (χ1) is 8.70. The van der Waals surface area contributed by atoms with E-state index in [9.17, 15) is 22.8 Å². The first-order valence-corrected chi connectivity index (χ1v) is 5.32. The number of amides is 1. The number of benzene rings is 1. The second kappa shape index (κ2) is 5.73. The van der Waals surface area contributed by atoms with E-state index >= 15 is 0 Å². The number of alkyl halides is 3. The molecule has 0 saturated carbocycles. The smallest absolute Gasteiger partial charge is 0.416 e. The summed E-state index contributed by atoms with van der Waals surface area (Å²) in [5.74, 6) is -1.73. The zero-order valence-corrected chi connectivity index (χ0v) is 10.1. The number of aliphatic carboxylic acids is 1. The zero-order valence-electron chi connectivity index (χ0n) is 10.1. The number of rotatable bonds is 4. The lowest BCUT2D eigenvalue weighted by molar-refractivity contribution is -0.143. The second-order valence-corrected chi connectivity index (χ2v) is 4.02. The van der Waals surface area contributed by atoms with Crippen molar-refractivity contribution in [3.05, 3.63) is 35.4 Å². The van der Waals surface area contributed by atoms with Crippen molar-refractivity contribution in [3.63, 3.8) is 0 Å². The average Bonchev–Trinajstić information content (AvgIpc) is 2.27. The van der Waals surface area contributed by atoms with E-state index < -0.39 is 30.2 Å². The largest absolute Gasteiger partial charge is 0.480 e. The van der Waals surface area contributed by atoms with Crippen LogP contribution in [-0.2, 0) is 22.2 Å². The number of nitrogens with zero attached hydrogens (tertiary/aromatic N) is 1. The maximum absolute atomic E-state index is 12.5. The molecule has 0 radical (unpaired) electrons. The van der Waals surface area contributed by atoms with Crippen molar-refractivity contribution in [2.75, 3.05) is 13.6 Å². The highest BCUT2D eigenvalue weighted by molar-refractivity contribution is 5.82. The Morgan fingerprint density at radius 3 is 2.47 bits per heavy atom. The van der Waals surface area contributed by atoms with E-state index in [1.807, 2.05) is 0 Å². The second-order valence-electron chi connectivity index (χ2n) is 4.02. The van der Waals surface area contributed by atoms with Crippen LogP contribution in [0.4, 0.5) is 13.2 Å². The first-order valence-electron chi connectivity index (χ1n) is 5.32. The molecule has 0 heterocycles. The highest BCUT2D eigenvalue weighted by Gasteiger charge is 2.30. The molecular formula is C12H12F3NO3. The van der Waals surface area contributed by atoms with Crippen molar-refractivity contribution < 1.29 is 27.9 Å². The molecule has 1 aromatic rings. The summed E-state index contributed by atoms with van der Waals surface area (Å²) >= 11 is 0. The van der Waals surface area contributed by atoms with Crippen LogP contribution in [0, 0.1) is 0 Å². The first kappa shape index (κ1) is 15.0. The molecule has 0 atom stereocenters. The van der Waals surface area contributed by atoms with Crippen LogP contribution in [0.25, 0.3) is 0 Å². The summed E-state index contributed by atoms with van der Waals surface area (Å²) in [5, 5.41) is 8.51. The van der Waals surface area contributed by atoms with Crippen molar-refractivity contribution in [1.82, 2.24) is 4.90 Å². The van der Waals surface area contributed by atoms with Gasteiger partial charge in [0.1, 0.15) is 6.54 Å². The molecule has 0 fully saturated rings. The molecular weight excluding hydrogens is 263 g/mol. The number of carboxylic acid groups (broad SMARTS) is 1. The van der Waals surface area contributed by atoms with Crippen LogP contribution in [0.3, 0.4) is 0 Å². The van der Waals surface area contributed by atoms with Gasteiger partial charge in [0.05, 0.1) is 12.0 Å². The predicted molar refractivity (Wildman–Crippen MR) is 60.4 cm³/mol. The van der Waals surface area contributed by atoms with Crippen LogP contribution in [0.2, 0.25) is 0 Å². The predicted octanol–water partition coefficient (Wildman–Crippen LogP) is 1.79. The summed E-state index contributed by atoms with van der Waals surface area (Å²) in [6.45, 7) is -0.488. The lowest BCUT2D eigenvalue weighted by atomic mass is 10.1. The van der Waals surface area contributed by atoms with Gasteiger partial charge in [0, 0.05) is 7.05 Å². The van der Waals surface area contributed by atoms with Gasteiger partial charge < -0.3 is 10.0 Å². The van der Waals surface area contributed by atoms with Crippen LogP contribution in [0.1, 0.15) is 11.1 Å². The maximum Gasteiger partial charge on any atom is 0.416 e. The molecule has 19 heavy (non-hydrogen) atoms. The summed E-state index contributed by atoms with van der Waals surface area (Å²) in [6.07, 6.45) is -4.74. The van der Waals surface area contributed by atoms with Crippen molar-refractivity contribution in [1.29, 1.82) is 0 Å². The van der Waals surface area contributed by atoms with Gasteiger partial charge in [-0.25, -0.2) is 0 Å². The van der Waals surface area contributed by atoms with Crippen LogP contribution >= 0.6 is 0 Å². The van der Waals surface area contributed by atoms with Crippen LogP contribution < -0.4 is 0 Å². The summed E-state index contributed by atoms with van der Waals surface area (Å²) in [6, 6.07) is 4.39. The summed E-state index contributed by atoms with van der Waals surface area (Å²) < 4.78 is 37.4. The molecule has 104 valence electrons. The highest BCUT2D eigenvalue weighted by atomic mass is 19.4. The lowest BCUT2D eigenvalue weighted by Gasteiger charge is -2.15. The van der Waals surface area contributed by atoms with Gasteiger partial charge in [-0.3, -0.25) is 9.59 Å². The summed E-state index contributed by atoms with van der Waals surface area (Å²) in [4.78, 5) is 22.9. The number of likely N-dealkylation sites (N-methyl/N-ethyl adjacent to an activating group) is 1. The number of carboxylic acids is 1. The monoisotopic (exact) mass is 275 g/mol. The van der Waals surface area contributed by atoms with Crippen LogP contribution in [-0.4, -0.2) is 35.5 Å². The molecule has 0 unspecified atom stereocenters. The quantitative estimate of drug-likeness (QED) is 0.911. The molecule has 0 spiro atoms. The van der Waals surface area contributed by atoms with Crippen molar-refractivity contribution in [2.24, 2.45) is 0 Å². The third-order valence-electron chi connectivity index (χ3n) is 2.41. The number of carbonyl (C=O) groups excluding carboxylic acids is 1. The van der Waals surface area contributed by atoms with E-state index in [1.165, 1.54) is 19.2 Å². The Bertz CT molecular complexity index is 485. The van der Waals surface area contributed by atoms with E-state index in [-0.39, 0.29) is 12.0 Å². The number of halogens is 3. The van der Waals surface area contributed by atoms with Gasteiger partial charge >= 0.3 is 12.1 Å². The van der Waals surface area contributed by atoms with Gasteiger partial charge in [-0.15, -0.1) is 0 Å². The van der Waals surface area contributed by atoms with Gasteiger partial charge in [-0.1, -0.05) is 18.2 Å². The molecule has 0 aliphatic carbocycles. The Labute approximate surface area is 107 Å². The van der Waals surface area contributed by atoms with Gasteiger partial charge in [0.15, 0.2) is 0 Å². The van der Waals surface area contributed by atoms with E-state index in [2.05, 4.69) is 0 Å². The van der Waals surface area contributed by atoms with Crippen molar-refractivity contribution in [3.8, 4) is 0 Å².